The molecule has 1 saturated heterocycles. The van der Waals surface area contributed by atoms with Crippen LogP contribution in [0.2, 0.25) is 0 Å². The fourth-order valence-corrected chi connectivity index (χ4v) is 4.58. The molecule has 1 aliphatic carbocycles. The van der Waals surface area contributed by atoms with Crippen molar-refractivity contribution < 1.29 is 35.5 Å². The van der Waals surface area contributed by atoms with Gasteiger partial charge in [-0.25, -0.2) is 4.39 Å². The second kappa shape index (κ2) is 9.15. The third-order valence-corrected chi connectivity index (χ3v) is 6.51. The molecule has 1 saturated carbocycles. The minimum absolute atomic E-state index is 0.102. The highest BCUT2D eigenvalue weighted by Crippen LogP contribution is 2.50. The molecule has 1 aliphatic heterocycles. The molecule has 2 aliphatic rings. The van der Waals surface area contributed by atoms with Gasteiger partial charge in [0.2, 0.25) is 5.89 Å². The molecule has 2 aromatic rings. The highest BCUT2D eigenvalue weighted by atomic mass is 19.4. The van der Waals surface area contributed by atoms with Crippen LogP contribution in [-0.2, 0) is 0 Å². The lowest BCUT2D eigenvalue weighted by molar-refractivity contribution is -0.287. The summed E-state index contributed by atoms with van der Waals surface area (Å²) in [4.78, 5) is 1.21. The number of rotatable bonds is 8. The summed E-state index contributed by atoms with van der Waals surface area (Å²) in [6.45, 7) is 1.26. The number of ether oxygens (including phenoxy) is 1. The van der Waals surface area contributed by atoms with E-state index in [0.29, 0.717) is 48.8 Å². The molecule has 4 rings (SSSR count). The Bertz CT molecular complexity index is 956. The summed E-state index contributed by atoms with van der Waals surface area (Å²) in [6, 6.07) is 4.42. The minimum Gasteiger partial charge on any atom is -0.493 e. The Morgan fingerprint density at radius 3 is 2.45 bits per heavy atom. The molecule has 182 valence electrons. The first kappa shape index (κ1) is 23.8. The average Bonchev–Trinajstić information content (AvgIpc) is 3.38. The molecular formula is C22H25F6N3O2. The zero-order valence-electron chi connectivity index (χ0n) is 18.0. The molecular weight excluding hydrogens is 452 g/mol. The molecule has 2 fully saturated rings. The van der Waals surface area contributed by atoms with E-state index in [1.807, 2.05) is 0 Å². The Balaban J connectivity index is 1.18. The van der Waals surface area contributed by atoms with Gasteiger partial charge >= 0.3 is 12.1 Å². The van der Waals surface area contributed by atoms with Gasteiger partial charge in [-0.2, -0.15) is 22.0 Å². The van der Waals surface area contributed by atoms with Crippen LogP contribution in [-0.4, -0.2) is 53.4 Å². The maximum Gasteiger partial charge on any atom is 0.454 e. The van der Waals surface area contributed by atoms with Gasteiger partial charge < -0.3 is 9.15 Å². The van der Waals surface area contributed by atoms with Crippen LogP contribution in [0.3, 0.4) is 0 Å². The SMILES string of the molecule is Cc1nnc(-c2ccc(OCCC3CC3C3CCN(CC(F)(F)C(F)(F)F)CC3)cc2F)o1. The maximum absolute atomic E-state index is 14.3. The lowest BCUT2D eigenvalue weighted by Crippen LogP contribution is -2.49. The number of nitrogens with zero attached hydrogens (tertiary/aromatic N) is 3. The molecule has 0 spiro atoms. The molecule has 1 aromatic carbocycles. The Morgan fingerprint density at radius 1 is 1.12 bits per heavy atom. The van der Waals surface area contributed by atoms with Crippen molar-refractivity contribution in [3.63, 3.8) is 0 Å². The van der Waals surface area contributed by atoms with E-state index in [9.17, 15) is 26.3 Å². The molecule has 11 heteroatoms. The van der Waals surface area contributed by atoms with Crippen molar-refractivity contribution in [2.24, 2.45) is 17.8 Å². The number of aromatic nitrogens is 2. The van der Waals surface area contributed by atoms with Crippen molar-refractivity contribution >= 4 is 0 Å². The number of piperidine rings is 1. The molecule has 0 radical (unpaired) electrons. The predicted octanol–water partition coefficient (Wildman–Crippen LogP) is 5.50. The second-order valence-electron chi connectivity index (χ2n) is 8.88. The van der Waals surface area contributed by atoms with Crippen LogP contribution < -0.4 is 4.74 Å². The van der Waals surface area contributed by atoms with Gasteiger partial charge in [-0.05, 0) is 68.7 Å². The monoisotopic (exact) mass is 477 g/mol. The van der Waals surface area contributed by atoms with E-state index in [4.69, 9.17) is 9.15 Å². The number of hydrogen-bond donors (Lipinski definition) is 0. The van der Waals surface area contributed by atoms with Crippen molar-refractivity contribution in [1.82, 2.24) is 15.1 Å². The van der Waals surface area contributed by atoms with Crippen LogP contribution in [0.25, 0.3) is 11.5 Å². The molecule has 33 heavy (non-hydrogen) atoms. The van der Waals surface area contributed by atoms with Crippen LogP contribution in [0.1, 0.15) is 31.6 Å². The summed E-state index contributed by atoms with van der Waals surface area (Å²) in [5.41, 5.74) is 0.199. The standard InChI is InChI=1S/C22H25F6N3O2/c1-13-29-30-20(33-13)17-3-2-16(11-19(17)23)32-9-6-15-10-18(15)14-4-7-31(8-5-14)12-21(24,25)22(26,27)28/h2-3,11,14-15,18H,4-10,12H2,1H3. The Kier molecular flexibility index (Phi) is 6.61. The first-order valence-corrected chi connectivity index (χ1v) is 10.9. The number of aryl methyl sites for hydroxylation is 1. The van der Waals surface area contributed by atoms with Gasteiger partial charge in [-0.15, -0.1) is 10.2 Å². The van der Waals surface area contributed by atoms with Crippen molar-refractivity contribution in [2.75, 3.05) is 26.2 Å². The number of hydrogen-bond acceptors (Lipinski definition) is 5. The van der Waals surface area contributed by atoms with Gasteiger partial charge in [0.1, 0.15) is 11.6 Å². The lowest BCUT2D eigenvalue weighted by Gasteiger charge is -2.34. The third kappa shape index (κ3) is 5.62. The fraction of sp³-hybridized carbons (Fsp3) is 0.636. The van der Waals surface area contributed by atoms with Gasteiger partial charge in [0.25, 0.3) is 5.89 Å². The van der Waals surface area contributed by atoms with Crippen LogP contribution in [0.5, 0.6) is 5.75 Å². The summed E-state index contributed by atoms with van der Waals surface area (Å²) < 4.78 is 88.9. The number of likely N-dealkylation sites (tertiary alicyclic amines) is 1. The highest BCUT2D eigenvalue weighted by Gasteiger charge is 2.58. The van der Waals surface area contributed by atoms with E-state index in [1.54, 1.807) is 13.0 Å². The van der Waals surface area contributed by atoms with Crippen molar-refractivity contribution in [3.8, 4) is 17.2 Å². The topological polar surface area (TPSA) is 51.4 Å². The first-order chi connectivity index (χ1) is 15.5. The Hall–Kier alpha value is -2.30. The summed E-state index contributed by atoms with van der Waals surface area (Å²) >= 11 is 0. The molecule has 0 bridgehead atoms. The van der Waals surface area contributed by atoms with E-state index in [1.165, 1.54) is 17.0 Å². The molecule has 2 unspecified atom stereocenters. The van der Waals surface area contributed by atoms with E-state index in [0.717, 1.165) is 12.8 Å². The van der Waals surface area contributed by atoms with Crippen molar-refractivity contribution in [3.05, 3.63) is 29.9 Å². The summed E-state index contributed by atoms with van der Waals surface area (Å²) in [7, 11) is 0. The maximum atomic E-state index is 14.3. The smallest absolute Gasteiger partial charge is 0.454 e. The van der Waals surface area contributed by atoms with E-state index in [2.05, 4.69) is 10.2 Å². The van der Waals surface area contributed by atoms with Crippen LogP contribution in [0, 0.1) is 30.5 Å². The van der Waals surface area contributed by atoms with Crippen molar-refractivity contribution in [2.45, 2.75) is 44.7 Å². The average molecular weight is 477 g/mol. The highest BCUT2D eigenvalue weighted by molar-refractivity contribution is 5.55. The summed E-state index contributed by atoms with van der Waals surface area (Å²) in [5.74, 6) is -3.16. The van der Waals surface area contributed by atoms with Gasteiger partial charge in [0, 0.05) is 13.0 Å². The third-order valence-electron chi connectivity index (χ3n) is 6.51. The van der Waals surface area contributed by atoms with Gasteiger partial charge in [-0.3, -0.25) is 4.90 Å². The molecule has 2 atom stereocenters. The number of alkyl halides is 5. The number of halogens is 6. The van der Waals surface area contributed by atoms with Crippen LogP contribution in [0.15, 0.2) is 22.6 Å². The molecule has 0 amide bonds. The largest absolute Gasteiger partial charge is 0.493 e. The first-order valence-electron chi connectivity index (χ1n) is 10.9. The van der Waals surface area contributed by atoms with Crippen LogP contribution in [0.4, 0.5) is 26.3 Å². The predicted molar refractivity (Wildman–Crippen MR) is 106 cm³/mol. The number of benzene rings is 1. The summed E-state index contributed by atoms with van der Waals surface area (Å²) in [5, 5.41) is 7.48. The second-order valence-corrected chi connectivity index (χ2v) is 8.88. The summed E-state index contributed by atoms with van der Waals surface area (Å²) in [6.07, 6.45) is -2.49. The van der Waals surface area contributed by atoms with E-state index < -0.39 is 24.5 Å². The van der Waals surface area contributed by atoms with E-state index in [-0.39, 0.29) is 24.5 Å². The quantitative estimate of drug-likeness (QED) is 0.470. The molecule has 5 nitrogen and oxygen atoms in total. The zero-order valence-corrected chi connectivity index (χ0v) is 18.0. The zero-order chi connectivity index (χ0) is 23.8. The Morgan fingerprint density at radius 2 is 1.85 bits per heavy atom. The molecule has 2 heterocycles. The van der Waals surface area contributed by atoms with Crippen molar-refractivity contribution in [1.29, 1.82) is 0 Å². The Labute approximate surface area is 187 Å². The normalized spacial score (nSPS) is 22.5. The fourth-order valence-electron chi connectivity index (χ4n) is 4.58. The minimum atomic E-state index is -5.51. The van der Waals surface area contributed by atoms with Gasteiger partial charge in [0.05, 0.1) is 18.7 Å². The van der Waals surface area contributed by atoms with E-state index >= 15 is 0 Å². The lowest BCUT2D eigenvalue weighted by atomic mass is 9.90. The van der Waals surface area contributed by atoms with Gasteiger partial charge in [0.15, 0.2) is 0 Å². The molecule has 1 aromatic heterocycles. The molecule has 0 N–H and O–H groups in total. The van der Waals surface area contributed by atoms with Gasteiger partial charge in [-0.1, -0.05) is 0 Å². The van der Waals surface area contributed by atoms with Crippen LogP contribution >= 0.6 is 0 Å².